The molecule has 34 heavy (non-hydrogen) atoms. The predicted molar refractivity (Wildman–Crippen MR) is 139 cm³/mol. The van der Waals surface area contributed by atoms with E-state index in [-0.39, 0.29) is 17.3 Å². The Balaban J connectivity index is 1.47. The molecule has 1 N–H and O–H groups in total. The van der Waals surface area contributed by atoms with Crippen molar-refractivity contribution in [3.05, 3.63) is 97.7 Å². The first-order valence-corrected chi connectivity index (χ1v) is 12.0. The molecule has 0 spiro atoms. The fraction of sp³-hybridized carbons (Fsp3) is 0.0800. The largest absolute Gasteiger partial charge is 0.488 e. The maximum absolute atomic E-state index is 13.0. The van der Waals surface area contributed by atoms with Crippen molar-refractivity contribution in [1.29, 1.82) is 0 Å². The van der Waals surface area contributed by atoms with Crippen LogP contribution < -0.4 is 4.74 Å². The van der Waals surface area contributed by atoms with E-state index in [0.29, 0.717) is 28.1 Å². The van der Waals surface area contributed by atoms with Gasteiger partial charge in [0.15, 0.2) is 5.17 Å². The van der Waals surface area contributed by atoms with Crippen LogP contribution >= 0.6 is 34.4 Å². The molecule has 0 aliphatic carbocycles. The number of hydrogen-bond acceptors (Lipinski definition) is 5. The molecular weight excluding hydrogens is 570 g/mol. The summed E-state index contributed by atoms with van der Waals surface area (Å²) < 4.78 is 19.8. The number of carboxylic acid groups (broad SMARTS) is 1. The summed E-state index contributed by atoms with van der Waals surface area (Å²) in [6.45, 7) is 0.323. The van der Waals surface area contributed by atoms with Gasteiger partial charge in [0.25, 0.3) is 5.91 Å². The molecule has 6 nitrogen and oxygen atoms in total. The lowest BCUT2D eigenvalue weighted by atomic mass is 10.2. The third-order valence-electron chi connectivity index (χ3n) is 4.90. The second-order valence-electron chi connectivity index (χ2n) is 7.33. The van der Waals surface area contributed by atoms with Gasteiger partial charge in [0.05, 0.1) is 19.7 Å². The van der Waals surface area contributed by atoms with Crippen LogP contribution in [0.3, 0.4) is 0 Å². The fourth-order valence-electron chi connectivity index (χ4n) is 3.06. The lowest BCUT2D eigenvalue weighted by Gasteiger charge is -2.09. The predicted octanol–water partition coefficient (Wildman–Crippen LogP) is 5.94. The topological polar surface area (TPSA) is 79.2 Å². The van der Waals surface area contributed by atoms with E-state index < -0.39 is 5.97 Å². The lowest BCUT2D eigenvalue weighted by Crippen LogP contribution is -2.23. The molecule has 172 valence electrons. The third-order valence-corrected chi connectivity index (χ3v) is 6.81. The lowest BCUT2D eigenvalue weighted by molar-refractivity contribution is -0.121. The van der Waals surface area contributed by atoms with E-state index in [9.17, 15) is 14.0 Å². The Morgan fingerprint density at radius 2 is 1.85 bits per heavy atom. The third kappa shape index (κ3) is 5.65. The number of aromatic carboxylic acids is 1. The van der Waals surface area contributed by atoms with Gasteiger partial charge in [0.1, 0.15) is 18.2 Å². The Labute approximate surface area is 213 Å². The summed E-state index contributed by atoms with van der Waals surface area (Å²) >= 11 is 3.43. The number of nitrogens with zero attached hydrogens (tertiary/aromatic N) is 2. The normalized spacial score (nSPS) is 15.9. The molecule has 4 rings (SSSR count). The van der Waals surface area contributed by atoms with Gasteiger partial charge in [0.2, 0.25) is 0 Å². The maximum Gasteiger partial charge on any atom is 0.335 e. The number of amidine groups is 1. The van der Waals surface area contributed by atoms with Crippen LogP contribution in [0, 0.1) is 9.39 Å². The number of aliphatic imine (C=N–C) groups is 1. The highest BCUT2D eigenvalue weighted by atomic mass is 127. The number of rotatable bonds is 6. The molecule has 3 aromatic carbocycles. The molecule has 3 aromatic rings. The van der Waals surface area contributed by atoms with E-state index in [0.717, 1.165) is 14.7 Å². The summed E-state index contributed by atoms with van der Waals surface area (Å²) in [5.74, 6) is -0.766. The summed E-state index contributed by atoms with van der Waals surface area (Å²) in [5.41, 5.74) is 2.44. The zero-order chi connectivity index (χ0) is 24.2. The van der Waals surface area contributed by atoms with E-state index in [1.807, 2.05) is 18.2 Å². The van der Waals surface area contributed by atoms with Crippen molar-refractivity contribution >= 4 is 63.2 Å². The molecule has 1 aliphatic rings. The SMILES string of the molecule is CN1C(=O)/C(=C/c2ccc(OCc3ccc(F)cc3)c(I)c2)SC1=Nc1ccc(C(=O)O)cc1. The first-order chi connectivity index (χ1) is 16.3. The first-order valence-electron chi connectivity index (χ1n) is 10.1. The zero-order valence-electron chi connectivity index (χ0n) is 17.9. The molecule has 0 radical (unpaired) electrons. The number of halogens is 2. The molecule has 0 bridgehead atoms. The molecule has 1 aliphatic heterocycles. The average Bonchev–Trinajstić information content (AvgIpc) is 3.07. The van der Waals surface area contributed by atoms with Gasteiger partial charge >= 0.3 is 5.97 Å². The summed E-state index contributed by atoms with van der Waals surface area (Å²) in [7, 11) is 1.65. The number of ether oxygens (including phenoxy) is 1. The molecular formula is C25H18FIN2O4S. The highest BCUT2D eigenvalue weighted by molar-refractivity contribution is 14.1. The Kier molecular flexibility index (Phi) is 7.32. The minimum absolute atomic E-state index is 0.169. The Bertz CT molecular complexity index is 1310. The van der Waals surface area contributed by atoms with Crippen molar-refractivity contribution in [2.75, 3.05) is 7.05 Å². The first kappa shape index (κ1) is 24.0. The molecule has 1 fully saturated rings. The van der Waals surface area contributed by atoms with Gasteiger partial charge in [-0.2, -0.15) is 0 Å². The molecule has 0 saturated carbocycles. The van der Waals surface area contributed by atoms with Crippen molar-refractivity contribution < 1.29 is 23.8 Å². The number of amides is 1. The van der Waals surface area contributed by atoms with Gasteiger partial charge < -0.3 is 9.84 Å². The standard InChI is InChI=1S/C25H18FIN2O4S/c1-29-23(30)22(34-25(29)28-19-9-5-17(6-10-19)24(31)32)13-16-4-11-21(20(27)12-16)33-14-15-2-7-18(26)8-3-15/h2-13H,14H2,1H3,(H,31,32)/b22-13-,28-25?. The second-order valence-corrected chi connectivity index (χ2v) is 9.50. The number of benzene rings is 3. The molecule has 0 unspecified atom stereocenters. The van der Waals surface area contributed by atoms with Gasteiger partial charge in [-0.25, -0.2) is 14.2 Å². The van der Waals surface area contributed by atoms with Crippen LogP contribution in [-0.2, 0) is 11.4 Å². The summed E-state index contributed by atoms with van der Waals surface area (Å²) in [4.78, 5) is 30.2. The monoisotopic (exact) mass is 588 g/mol. The number of likely N-dealkylation sites (N-methyl/N-ethyl adjacent to an activating group) is 1. The van der Waals surface area contributed by atoms with Crippen LogP contribution in [-0.4, -0.2) is 34.1 Å². The summed E-state index contributed by atoms with van der Waals surface area (Å²) in [6.07, 6.45) is 1.80. The van der Waals surface area contributed by atoms with Gasteiger partial charge in [-0.05, 0) is 100 Å². The molecule has 0 aromatic heterocycles. The number of thioether (sulfide) groups is 1. The smallest absolute Gasteiger partial charge is 0.335 e. The van der Waals surface area contributed by atoms with Crippen molar-refractivity contribution in [3.8, 4) is 5.75 Å². The number of carbonyl (C=O) groups is 2. The minimum atomic E-state index is -1.01. The van der Waals surface area contributed by atoms with Gasteiger partial charge in [-0.15, -0.1) is 0 Å². The molecule has 1 amide bonds. The van der Waals surface area contributed by atoms with Crippen LogP contribution in [0.5, 0.6) is 5.75 Å². The van der Waals surface area contributed by atoms with Crippen LogP contribution in [0.1, 0.15) is 21.5 Å². The quantitative estimate of drug-likeness (QED) is 0.285. The maximum atomic E-state index is 13.0. The highest BCUT2D eigenvalue weighted by Crippen LogP contribution is 2.34. The molecule has 0 atom stereocenters. The van der Waals surface area contributed by atoms with Crippen molar-refractivity contribution in [2.24, 2.45) is 4.99 Å². The van der Waals surface area contributed by atoms with Crippen molar-refractivity contribution in [2.45, 2.75) is 6.61 Å². The van der Waals surface area contributed by atoms with Crippen LogP contribution in [0.4, 0.5) is 10.1 Å². The molecule has 9 heteroatoms. The van der Waals surface area contributed by atoms with E-state index in [1.165, 1.54) is 40.9 Å². The summed E-state index contributed by atoms with van der Waals surface area (Å²) in [6, 6.07) is 17.9. The number of carbonyl (C=O) groups excluding carboxylic acids is 1. The fourth-order valence-corrected chi connectivity index (χ4v) is 4.74. The van der Waals surface area contributed by atoms with Crippen molar-refractivity contribution in [1.82, 2.24) is 4.90 Å². The van der Waals surface area contributed by atoms with E-state index in [1.54, 1.807) is 37.4 Å². The Hall–Kier alpha value is -3.18. The minimum Gasteiger partial charge on any atom is -0.488 e. The van der Waals surface area contributed by atoms with Crippen LogP contribution in [0.2, 0.25) is 0 Å². The Morgan fingerprint density at radius 3 is 2.50 bits per heavy atom. The zero-order valence-corrected chi connectivity index (χ0v) is 20.8. The number of hydrogen-bond donors (Lipinski definition) is 1. The van der Waals surface area contributed by atoms with Gasteiger partial charge in [0, 0.05) is 7.05 Å². The van der Waals surface area contributed by atoms with Crippen LogP contribution in [0.25, 0.3) is 6.08 Å². The summed E-state index contributed by atoms with van der Waals surface area (Å²) in [5, 5.41) is 9.53. The second kappa shape index (κ2) is 10.4. The molecule has 1 heterocycles. The van der Waals surface area contributed by atoms with Gasteiger partial charge in [-0.1, -0.05) is 18.2 Å². The van der Waals surface area contributed by atoms with E-state index >= 15 is 0 Å². The van der Waals surface area contributed by atoms with E-state index in [2.05, 4.69) is 27.6 Å². The average molecular weight is 588 g/mol. The molecule has 1 saturated heterocycles. The van der Waals surface area contributed by atoms with Crippen molar-refractivity contribution in [3.63, 3.8) is 0 Å². The highest BCUT2D eigenvalue weighted by Gasteiger charge is 2.30. The van der Waals surface area contributed by atoms with Gasteiger partial charge in [-0.3, -0.25) is 9.69 Å². The van der Waals surface area contributed by atoms with Crippen LogP contribution in [0.15, 0.2) is 76.6 Å². The van der Waals surface area contributed by atoms with E-state index in [4.69, 9.17) is 9.84 Å². The Morgan fingerprint density at radius 1 is 1.15 bits per heavy atom. The number of carboxylic acids is 1.